The van der Waals surface area contributed by atoms with Crippen LogP contribution in [0.3, 0.4) is 0 Å². The van der Waals surface area contributed by atoms with E-state index < -0.39 is 24.2 Å². The van der Waals surface area contributed by atoms with Gasteiger partial charge >= 0.3 is 5.97 Å². The van der Waals surface area contributed by atoms with Crippen LogP contribution in [0.15, 0.2) is 10.0 Å². The molecule has 0 spiro atoms. The summed E-state index contributed by atoms with van der Waals surface area (Å²) in [7, 11) is -4.72. The molecule has 0 rings (SSSR count). The molecule has 0 saturated heterocycles. The van der Waals surface area contributed by atoms with Crippen LogP contribution in [0.25, 0.3) is 0 Å². The molecule has 0 amide bonds. The Morgan fingerprint density at radius 2 is 1.16 bits per heavy atom. The average molecular weight is 317 g/mol. The summed E-state index contributed by atoms with van der Waals surface area (Å²) in [5.74, 6) is -0.0403. The van der Waals surface area contributed by atoms with Gasteiger partial charge in [0.25, 0.3) is 0 Å². The van der Waals surface area contributed by atoms with Crippen LogP contribution >= 0.6 is 0 Å². The lowest BCUT2D eigenvalue weighted by Gasteiger charge is -2.37. The number of hydrogen-bond acceptors (Lipinski definition) is 2. The highest BCUT2D eigenvalue weighted by molar-refractivity contribution is 7.07. The van der Waals surface area contributed by atoms with Crippen LogP contribution in [0.5, 0.6) is 0 Å². The molecule has 0 aromatic heterocycles. The first-order valence-electron chi connectivity index (χ1n) is 7.15. The van der Waals surface area contributed by atoms with Crippen molar-refractivity contribution in [2.75, 3.05) is 6.61 Å². The molecule has 0 aromatic rings. The number of hydrogen-bond donors (Lipinski definition) is 0. The van der Waals surface area contributed by atoms with Crippen molar-refractivity contribution in [2.24, 2.45) is 0 Å². The van der Waals surface area contributed by atoms with Crippen LogP contribution in [0.4, 0.5) is 0 Å². The second kappa shape index (κ2) is 6.10. The highest BCUT2D eigenvalue weighted by Crippen LogP contribution is 2.33. The minimum absolute atomic E-state index is 0.0403. The maximum absolute atomic E-state index is 12.5. The SMILES string of the molecule is CCOC(=O)C(=C([Si](C)(C)C)[Si](C)(C)C)[Si](C)(C)C. The number of ether oxygens (including phenoxy) is 1. The van der Waals surface area contributed by atoms with Gasteiger partial charge in [0.15, 0.2) is 0 Å². The normalized spacial score (nSPS) is 13.2. The third-order valence-corrected chi connectivity index (χ3v) is 13.4. The molecule has 0 aliphatic heterocycles. The topological polar surface area (TPSA) is 26.3 Å². The Bertz CT molecular complexity index is 350. The predicted molar refractivity (Wildman–Crippen MR) is 93.7 cm³/mol. The van der Waals surface area contributed by atoms with Gasteiger partial charge in [0.2, 0.25) is 0 Å². The molecule has 0 atom stereocenters. The molecule has 0 aliphatic rings. The summed E-state index contributed by atoms with van der Waals surface area (Å²) < 4.78 is 5.38. The Hall–Kier alpha value is -0.139. The van der Waals surface area contributed by atoms with E-state index >= 15 is 0 Å². The molecule has 5 heteroatoms. The van der Waals surface area contributed by atoms with E-state index in [1.54, 1.807) is 0 Å². The van der Waals surface area contributed by atoms with Crippen molar-refractivity contribution in [3.63, 3.8) is 0 Å². The van der Waals surface area contributed by atoms with Crippen LogP contribution in [-0.4, -0.2) is 36.8 Å². The van der Waals surface area contributed by atoms with E-state index in [9.17, 15) is 4.79 Å². The van der Waals surface area contributed by atoms with Crippen molar-refractivity contribution in [2.45, 2.75) is 65.8 Å². The fourth-order valence-corrected chi connectivity index (χ4v) is 19.5. The lowest BCUT2D eigenvalue weighted by molar-refractivity contribution is -0.137. The van der Waals surface area contributed by atoms with E-state index in [4.69, 9.17) is 4.74 Å². The molecule has 19 heavy (non-hydrogen) atoms. The van der Waals surface area contributed by atoms with Gasteiger partial charge in [-0.15, -0.1) is 0 Å². The van der Waals surface area contributed by atoms with Crippen molar-refractivity contribution in [1.29, 1.82) is 0 Å². The minimum Gasteiger partial charge on any atom is -0.463 e. The van der Waals surface area contributed by atoms with E-state index in [0.29, 0.717) is 6.61 Å². The monoisotopic (exact) mass is 316 g/mol. The predicted octanol–water partition coefficient (Wildman–Crippen LogP) is 4.48. The van der Waals surface area contributed by atoms with Crippen molar-refractivity contribution >= 4 is 30.2 Å². The first-order chi connectivity index (χ1) is 8.23. The first-order valence-corrected chi connectivity index (χ1v) is 17.7. The average Bonchev–Trinajstić information content (AvgIpc) is 2.07. The Labute approximate surface area is 122 Å². The summed E-state index contributed by atoms with van der Waals surface area (Å²) in [5.41, 5.74) is 0. The molecular formula is C14H32O2Si3. The van der Waals surface area contributed by atoms with Gasteiger partial charge < -0.3 is 4.74 Å². The lowest BCUT2D eigenvalue weighted by Crippen LogP contribution is -2.47. The third-order valence-electron chi connectivity index (χ3n) is 2.98. The number of esters is 1. The van der Waals surface area contributed by atoms with Gasteiger partial charge in [-0.2, -0.15) is 0 Å². The molecule has 0 N–H and O–H groups in total. The van der Waals surface area contributed by atoms with E-state index in [-0.39, 0.29) is 5.97 Å². The molecule has 0 radical (unpaired) electrons. The maximum atomic E-state index is 12.5. The summed E-state index contributed by atoms with van der Waals surface area (Å²) in [4.78, 5) is 14.0. The third kappa shape index (κ3) is 5.39. The zero-order valence-corrected chi connectivity index (χ0v) is 17.5. The van der Waals surface area contributed by atoms with Crippen LogP contribution in [0.2, 0.25) is 58.9 Å². The molecule has 0 unspecified atom stereocenters. The Morgan fingerprint density at radius 3 is 1.37 bits per heavy atom. The van der Waals surface area contributed by atoms with Crippen LogP contribution in [0, 0.1) is 0 Å². The largest absolute Gasteiger partial charge is 0.463 e. The smallest absolute Gasteiger partial charge is 0.329 e. The van der Waals surface area contributed by atoms with Crippen LogP contribution in [-0.2, 0) is 9.53 Å². The van der Waals surface area contributed by atoms with Crippen molar-refractivity contribution in [3.8, 4) is 0 Å². The lowest BCUT2D eigenvalue weighted by atomic mass is 10.6. The minimum atomic E-state index is -1.70. The van der Waals surface area contributed by atoms with Gasteiger partial charge in [0, 0.05) is 5.20 Å². The van der Waals surface area contributed by atoms with E-state index in [1.165, 1.54) is 4.82 Å². The summed E-state index contributed by atoms with van der Waals surface area (Å²) in [5, 5.41) is 1.09. The van der Waals surface area contributed by atoms with Crippen LogP contribution < -0.4 is 0 Å². The zero-order chi connectivity index (χ0) is 15.6. The first kappa shape index (κ1) is 18.9. The van der Waals surface area contributed by atoms with Crippen LogP contribution in [0.1, 0.15) is 6.92 Å². The van der Waals surface area contributed by atoms with Gasteiger partial charge in [-0.05, 0) is 6.92 Å². The summed E-state index contributed by atoms with van der Waals surface area (Å²) in [6.45, 7) is 23.3. The number of rotatable bonds is 5. The van der Waals surface area contributed by atoms with E-state index in [0.717, 1.165) is 5.20 Å². The van der Waals surface area contributed by atoms with Gasteiger partial charge in [-0.1, -0.05) is 63.7 Å². The second-order valence-corrected chi connectivity index (χ2v) is 23.7. The fourth-order valence-electron chi connectivity index (χ4n) is 2.86. The Balaban J connectivity index is 6.27. The molecule has 0 bridgehead atoms. The fraction of sp³-hybridized carbons (Fsp3) is 0.786. The van der Waals surface area contributed by atoms with Gasteiger partial charge in [-0.3, -0.25) is 0 Å². The number of carbonyl (C=O) groups excluding carboxylic acids is 1. The van der Waals surface area contributed by atoms with E-state index in [1.807, 2.05) is 6.92 Å². The van der Waals surface area contributed by atoms with Gasteiger partial charge in [0.05, 0.1) is 30.8 Å². The van der Waals surface area contributed by atoms with Gasteiger partial charge in [-0.25, -0.2) is 4.79 Å². The molecule has 0 heterocycles. The second-order valence-electron chi connectivity index (χ2n) is 8.22. The summed E-state index contributed by atoms with van der Waals surface area (Å²) in [6, 6.07) is 0. The standard InChI is InChI=1S/C14H32O2Si3/c1-11-16-13(15)12(17(2,3)4)14(18(5,6)7)19(8,9)10/h11H2,1-10H3. The molecule has 2 nitrogen and oxygen atoms in total. The molecule has 0 saturated carbocycles. The summed E-state index contributed by atoms with van der Waals surface area (Å²) in [6.07, 6.45) is 0. The van der Waals surface area contributed by atoms with E-state index in [2.05, 4.69) is 58.9 Å². The van der Waals surface area contributed by atoms with Crippen molar-refractivity contribution in [3.05, 3.63) is 10.0 Å². The highest BCUT2D eigenvalue weighted by Gasteiger charge is 2.40. The molecule has 0 aromatic carbocycles. The quantitative estimate of drug-likeness (QED) is 0.425. The van der Waals surface area contributed by atoms with Gasteiger partial charge in [0.1, 0.15) is 0 Å². The molecule has 0 aliphatic carbocycles. The highest BCUT2D eigenvalue weighted by atomic mass is 28.4. The Kier molecular flexibility index (Phi) is 6.05. The number of carbonyl (C=O) groups is 1. The van der Waals surface area contributed by atoms with Crippen molar-refractivity contribution in [1.82, 2.24) is 0 Å². The molecular weight excluding hydrogens is 284 g/mol. The molecule has 112 valence electrons. The van der Waals surface area contributed by atoms with Crippen molar-refractivity contribution < 1.29 is 9.53 Å². The Morgan fingerprint density at radius 1 is 0.789 bits per heavy atom. The zero-order valence-electron chi connectivity index (χ0n) is 14.5. The molecule has 0 fully saturated rings. The summed E-state index contributed by atoms with van der Waals surface area (Å²) >= 11 is 0. The maximum Gasteiger partial charge on any atom is 0.329 e.